The zero-order valence-corrected chi connectivity index (χ0v) is 10.7. The number of hydrogen-bond donors (Lipinski definition) is 2. The van der Waals surface area contributed by atoms with Gasteiger partial charge in [0.1, 0.15) is 17.6 Å². The lowest BCUT2D eigenvalue weighted by Gasteiger charge is -2.12. The lowest BCUT2D eigenvalue weighted by Crippen LogP contribution is -2.34. The van der Waals surface area contributed by atoms with Gasteiger partial charge in [-0.3, -0.25) is 4.79 Å². The molecule has 102 valence electrons. The number of benzene rings is 1. The Bertz CT molecular complexity index is 618. The number of amides is 1. The number of nitrogens with one attached hydrogen (secondary N) is 1. The molecule has 2 aromatic rings. The van der Waals surface area contributed by atoms with Gasteiger partial charge in [0.2, 0.25) is 0 Å². The van der Waals surface area contributed by atoms with Gasteiger partial charge in [-0.25, -0.2) is 4.98 Å². The zero-order chi connectivity index (χ0) is 13.9. The van der Waals surface area contributed by atoms with Crippen molar-refractivity contribution in [1.29, 1.82) is 0 Å². The summed E-state index contributed by atoms with van der Waals surface area (Å²) in [4.78, 5) is 15.8. The molecule has 1 aromatic carbocycles. The minimum atomic E-state index is -0.400. The van der Waals surface area contributed by atoms with Crippen LogP contribution in [-0.4, -0.2) is 28.6 Å². The average molecular weight is 270 g/mol. The van der Waals surface area contributed by atoms with E-state index >= 15 is 0 Å². The SMILES string of the molecule is O=C(NCC1Cc2ccccc2O1)c1ncccc1O. The third kappa shape index (κ3) is 2.42. The Balaban J connectivity index is 1.59. The minimum Gasteiger partial charge on any atom is -0.505 e. The van der Waals surface area contributed by atoms with Crippen LogP contribution >= 0.6 is 0 Å². The van der Waals surface area contributed by atoms with Gasteiger partial charge in [0.05, 0.1) is 6.54 Å². The number of aromatic hydroxyl groups is 1. The molecule has 20 heavy (non-hydrogen) atoms. The molecule has 1 aromatic heterocycles. The summed E-state index contributed by atoms with van der Waals surface area (Å²) >= 11 is 0. The van der Waals surface area contributed by atoms with Gasteiger partial charge < -0.3 is 15.2 Å². The zero-order valence-electron chi connectivity index (χ0n) is 10.7. The maximum atomic E-state index is 11.9. The summed E-state index contributed by atoms with van der Waals surface area (Å²) in [5.41, 5.74) is 1.18. The second kappa shape index (κ2) is 5.21. The molecule has 0 fully saturated rings. The fraction of sp³-hybridized carbons (Fsp3) is 0.200. The Hall–Kier alpha value is -2.56. The normalized spacial score (nSPS) is 16.3. The van der Waals surface area contributed by atoms with Crippen LogP contribution in [0.5, 0.6) is 11.5 Å². The number of carbonyl (C=O) groups excluding carboxylic acids is 1. The van der Waals surface area contributed by atoms with Gasteiger partial charge in [0.25, 0.3) is 5.91 Å². The topological polar surface area (TPSA) is 71.5 Å². The molecule has 1 aliphatic rings. The summed E-state index contributed by atoms with van der Waals surface area (Å²) in [6.07, 6.45) is 2.16. The number of carbonyl (C=O) groups is 1. The highest BCUT2D eigenvalue weighted by atomic mass is 16.5. The summed E-state index contributed by atoms with van der Waals surface area (Å²) in [6.45, 7) is 0.378. The van der Waals surface area contributed by atoms with Gasteiger partial charge in [-0.05, 0) is 23.8 Å². The van der Waals surface area contributed by atoms with E-state index < -0.39 is 5.91 Å². The third-order valence-corrected chi connectivity index (χ3v) is 3.21. The Labute approximate surface area is 116 Å². The van der Waals surface area contributed by atoms with Crippen molar-refractivity contribution in [2.75, 3.05) is 6.54 Å². The highest BCUT2D eigenvalue weighted by molar-refractivity contribution is 5.94. The highest BCUT2D eigenvalue weighted by Crippen LogP contribution is 2.27. The number of aromatic nitrogens is 1. The highest BCUT2D eigenvalue weighted by Gasteiger charge is 2.23. The molecule has 0 radical (unpaired) electrons. The predicted octanol–water partition coefficient (Wildman–Crippen LogP) is 1.52. The molecular formula is C15H14N2O3. The lowest BCUT2D eigenvalue weighted by molar-refractivity contribution is 0.0925. The summed E-state index contributed by atoms with van der Waals surface area (Å²) in [5.74, 6) is 0.343. The first-order chi connectivity index (χ1) is 9.74. The smallest absolute Gasteiger partial charge is 0.273 e. The van der Waals surface area contributed by atoms with Crippen LogP contribution in [0, 0.1) is 0 Å². The van der Waals surface area contributed by atoms with Gasteiger partial charge in [-0.2, -0.15) is 0 Å². The van der Waals surface area contributed by atoms with Gasteiger partial charge >= 0.3 is 0 Å². The second-order valence-electron chi connectivity index (χ2n) is 4.63. The van der Waals surface area contributed by atoms with Crippen molar-refractivity contribution in [3.8, 4) is 11.5 Å². The molecule has 5 heteroatoms. The molecule has 3 rings (SSSR count). The molecule has 1 atom stereocenters. The molecule has 1 aliphatic heterocycles. The second-order valence-corrected chi connectivity index (χ2v) is 4.63. The van der Waals surface area contributed by atoms with Gasteiger partial charge in [0, 0.05) is 12.6 Å². The Morgan fingerprint density at radius 2 is 2.20 bits per heavy atom. The number of hydrogen-bond acceptors (Lipinski definition) is 4. The Morgan fingerprint density at radius 3 is 3.00 bits per heavy atom. The molecule has 0 saturated carbocycles. The maximum Gasteiger partial charge on any atom is 0.273 e. The third-order valence-electron chi connectivity index (χ3n) is 3.21. The predicted molar refractivity (Wildman–Crippen MR) is 72.8 cm³/mol. The molecule has 1 amide bonds. The van der Waals surface area contributed by atoms with Gasteiger partial charge in [-0.1, -0.05) is 18.2 Å². The van der Waals surface area contributed by atoms with Crippen molar-refractivity contribution in [1.82, 2.24) is 10.3 Å². The van der Waals surface area contributed by atoms with Crippen molar-refractivity contribution >= 4 is 5.91 Å². The molecule has 5 nitrogen and oxygen atoms in total. The van der Waals surface area contributed by atoms with E-state index in [9.17, 15) is 9.90 Å². The largest absolute Gasteiger partial charge is 0.505 e. The van der Waals surface area contributed by atoms with Gasteiger partial charge in [-0.15, -0.1) is 0 Å². The summed E-state index contributed by atoms with van der Waals surface area (Å²) < 4.78 is 5.73. The van der Waals surface area contributed by atoms with E-state index in [1.54, 1.807) is 6.07 Å². The summed E-state index contributed by atoms with van der Waals surface area (Å²) in [7, 11) is 0. The van der Waals surface area contributed by atoms with Crippen LogP contribution in [0.25, 0.3) is 0 Å². The Kier molecular flexibility index (Phi) is 3.25. The number of ether oxygens (including phenoxy) is 1. The monoisotopic (exact) mass is 270 g/mol. The van der Waals surface area contributed by atoms with Crippen LogP contribution in [0.4, 0.5) is 0 Å². The van der Waals surface area contributed by atoms with Crippen molar-refractivity contribution < 1.29 is 14.6 Å². The standard InChI is InChI=1S/C15H14N2O3/c18-12-5-3-7-16-14(12)15(19)17-9-11-8-10-4-1-2-6-13(10)20-11/h1-7,11,18H,8-9H2,(H,17,19). The van der Waals surface area contributed by atoms with E-state index in [4.69, 9.17) is 4.74 Å². The molecule has 0 bridgehead atoms. The molecule has 2 N–H and O–H groups in total. The van der Waals surface area contributed by atoms with Crippen LogP contribution < -0.4 is 10.1 Å². The first-order valence-electron chi connectivity index (χ1n) is 6.41. The number of para-hydroxylation sites is 1. The van der Waals surface area contributed by atoms with Gasteiger partial charge in [0.15, 0.2) is 5.69 Å². The van der Waals surface area contributed by atoms with Crippen molar-refractivity contribution in [3.63, 3.8) is 0 Å². The molecule has 0 spiro atoms. The quantitative estimate of drug-likeness (QED) is 0.887. The first-order valence-corrected chi connectivity index (χ1v) is 6.41. The Morgan fingerprint density at radius 1 is 1.35 bits per heavy atom. The van der Waals surface area contributed by atoms with Crippen LogP contribution in [0.1, 0.15) is 16.1 Å². The average Bonchev–Trinajstić information content (AvgIpc) is 2.88. The first kappa shape index (κ1) is 12.5. The van der Waals surface area contributed by atoms with E-state index in [0.29, 0.717) is 6.54 Å². The van der Waals surface area contributed by atoms with E-state index in [0.717, 1.165) is 17.7 Å². The maximum absolute atomic E-state index is 11.9. The summed E-state index contributed by atoms with van der Waals surface area (Å²) in [5, 5.41) is 12.3. The molecular weight excluding hydrogens is 256 g/mol. The number of fused-ring (bicyclic) bond motifs is 1. The van der Waals surface area contributed by atoms with Crippen molar-refractivity contribution in [2.24, 2.45) is 0 Å². The number of rotatable bonds is 3. The van der Waals surface area contributed by atoms with E-state index in [-0.39, 0.29) is 17.5 Å². The minimum absolute atomic E-state index is 0.0306. The molecule has 1 unspecified atom stereocenters. The van der Waals surface area contributed by atoms with E-state index in [1.165, 1.54) is 12.3 Å². The fourth-order valence-electron chi connectivity index (χ4n) is 2.23. The van der Waals surface area contributed by atoms with Crippen LogP contribution in [0.3, 0.4) is 0 Å². The molecule has 0 aliphatic carbocycles. The molecule has 0 saturated heterocycles. The van der Waals surface area contributed by atoms with E-state index in [1.807, 2.05) is 24.3 Å². The number of nitrogens with zero attached hydrogens (tertiary/aromatic N) is 1. The van der Waals surface area contributed by atoms with Crippen LogP contribution in [0.15, 0.2) is 42.6 Å². The van der Waals surface area contributed by atoms with Crippen molar-refractivity contribution in [2.45, 2.75) is 12.5 Å². The molecule has 2 heterocycles. The van der Waals surface area contributed by atoms with Crippen LogP contribution in [-0.2, 0) is 6.42 Å². The summed E-state index contributed by atoms with van der Waals surface area (Å²) in [6, 6.07) is 10.8. The van der Waals surface area contributed by atoms with Crippen molar-refractivity contribution in [3.05, 3.63) is 53.9 Å². The van der Waals surface area contributed by atoms with E-state index in [2.05, 4.69) is 10.3 Å². The van der Waals surface area contributed by atoms with Crippen LogP contribution in [0.2, 0.25) is 0 Å². The number of pyridine rings is 1. The fourth-order valence-corrected chi connectivity index (χ4v) is 2.23. The lowest BCUT2D eigenvalue weighted by atomic mass is 10.1.